The van der Waals surface area contributed by atoms with Crippen molar-refractivity contribution < 1.29 is 9.72 Å². The van der Waals surface area contributed by atoms with Gasteiger partial charge in [0.1, 0.15) is 0 Å². The maximum atomic E-state index is 13.0. The Kier molecular flexibility index (Phi) is 5.93. The fourth-order valence-corrected chi connectivity index (χ4v) is 2.96. The lowest BCUT2D eigenvalue weighted by atomic mass is 10.1. The molecule has 1 heterocycles. The molecule has 0 aliphatic carbocycles. The van der Waals surface area contributed by atoms with Crippen molar-refractivity contribution in [2.45, 2.75) is 13.0 Å². The number of pyridine rings is 1. The predicted molar refractivity (Wildman–Crippen MR) is 106 cm³/mol. The summed E-state index contributed by atoms with van der Waals surface area (Å²) in [7, 11) is 0. The summed E-state index contributed by atoms with van der Waals surface area (Å²) in [6, 6.07) is 19.1. The number of nitro benzene ring substituents is 1. The third kappa shape index (κ3) is 4.77. The second-order valence-corrected chi connectivity index (χ2v) is 6.76. The van der Waals surface area contributed by atoms with Crippen LogP contribution >= 0.6 is 15.9 Å². The number of rotatable bonds is 6. The van der Waals surface area contributed by atoms with Crippen molar-refractivity contribution >= 4 is 33.2 Å². The summed E-state index contributed by atoms with van der Waals surface area (Å²) in [6.45, 7) is 0.280. The van der Waals surface area contributed by atoms with Crippen molar-refractivity contribution in [1.82, 2.24) is 4.98 Å². The van der Waals surface area contributed by atoms with Crippen LogP contribution in [0.5, 0.6) is 0 Å². The number of halogens is 1. The highest BCUT2D eigenvalue weighted by molar-refractivity contribution is 9.10. The normalized spacial score (nSPS) is 10.4. The molecule has 1 amide bonds. The number of anilines is 1. The van der Waals surface area contributed by atoms with Gasteiger partial charge in [-0.15, -0.1) is 0 Å². The lowest BCUT2D eigenvalue weighted by Crippen LogP contribution is -2.32. The molecule has 0 aliphatic heterocycles. The summed E-state index contributed by atoms with van der Waals surface area (Å²) in [5, 5.41) is 11.2. The molecule has 0 radical (unpaired) electrons. The third-order valence-electron chi connectivity index (χ3n) is 4.02. The number of amides is 1. The van der Waals surface area contributed by atoms with Crippen LogP contribution in [-0.4, -0.2) is 15.8 Å². The third-order valence-corrected chi connectivity index (χ3v) is 4.54. The smallest absolute Gasteiger partial charge is 0.273 e. The molecule has 27 heavy (non-hydrogen) atoms. The number of hydrogen-bond acceptors (Lipinski definition) is 4. The molecule has 0 N–H and O–H groups in total. The number of nitrogens with zero attached hydrogens (tertiary/aromatic N) is 3. The molecule has 0 saturated heterocycles. The largest absolute Gasteiger partial charge is 0.306 e. The highest BCUT2D eigenvalue weighted by atomic mass is 79.9. The monoisotopic (exact) mass is 425 g/mol. The van der Waals surface area contributed by atoms with E-state index in [2.05, 4.69) is 20.9 Å². The molecule has 0 fully saturated rings. The van der Waals surface area contributed by atoms with Crippen molar-refractivity contribution in [3.05, 3.63) is 98.8 Å². The summed E-state index contributed by atoms with van der Waals surface area (Å²) in [6.07, 6.45) is 1.60. The van der Waals surface area contributed by atoms with Crippen LogP contribution in [0.25, 0.3) is 0 Å². The zero-order valence-electron chi connectivity index (χ0n) is 14.3. The summed E-state index contributed by atoms with van der Waals surface area (Å²) in [5.74, 6) is -0.239. The minimum Gasteiger partial charge on any atom is -0.306 e. The molecule has 6 nitrogen and oxygen atoms in total. The fourth-order valence-electron chi connectivity index (χ4n) is 2.69. The Balaban J connectivity index is 1.91. The van der Waals surface area contributed by atoms with E-state index in [1.54, 1.807) is 29.3 Å². The number of para-hydroxylation sites is 1. The van der Waals surface area contributed by atoms with Gasteiger partial charge < -0.3 is 4.90 Å². The van der Waals surface area contributed by atoms with Gasteiger partial charge in [-0.2, -0.15) is 0 Å². The van der Waals surface area contributed by atoms with Gasteiger partial charge in [-0.1, -0.05) is 40.2 Å². The van der Waals surface area contributed by atoms with E-state index in [0.29, 0.717) is 11.3 Å². The van der Waals surface area contributed by atoms with Crippen molar-refractivity contribution in [2.24, 2.45) is 0 Å². The molecular formula is C20H16BrN3O3. The lowest BCUT2D eigenvalue weighted by molar-refractivity contribution is -0.385. The van der Waals surface area contributed by atoms with E-state index in [-0.39, 0.29) is 24.6 Å². The average molecular weight is 426 g/mol. The molecule has 136 valence electrons. The van der Waals surface area contributed by atoms with Crippen LogP contribution in [0.1, 0.15) is 11.3 Å². The van der Waals surface area contributed by atoms with Crippen LogP contribution in [0.2, 0.25) is 0 Å². The molecule has 1 aromatic heterocycles. The van der Waals surface area contributed by atoms with Crippen LogP contribution in [0.15, 0.2) is 77.4 Å². The van der Waals surface area contributed by atoms with Gasteiger partial charge in [0, 0.05) is 28.0 Å². The second kappa shape index (κ2) is 8.55. The topological polar surface area (TPSA) is 76.3 Å². The fraction of sp³-hybridized carbons (Fsp3) is 0.100. The number of carbonyl (C=O) groups is 1. The standard InChI is InChI=1S/C20H16BrN3O3/c21-16-8-10-18(11-9-16)23(14-17-6-3-4-12-22-17)20(25)13-15-5-1-2-7-19(15)24(26)27/h1-12H,13-14H2. The van der Waals surface area contributed by atoms with E-state index in [1.165, 1.54) is 6.07 Å². The molecule has 0 atom stereocenters. The van der Waals surface area contributed by atoms with E-state index in [4.69, 9.17) is 0 Å². The molecule has 2 aromatic carbocycles. The zero-order valence-corrected chi connectivity index (χ0v) is 15.9. The predicted octanol–water partition coefficient (Wildman–Crippen LogP) is 4.53. The Morgan fingerprint density at radius 2 is 1.74 bits per heavy atom. The van der Waals surface area contributed by atoms with Crippen LogP contribution in [0.4, 0.5) is 11.4 Å². The quantitative estimate of drug-likeness (QED) is 0.429. The maximum absolute atomic E-state index is 13.0. The molecule has 7 heteroatoms. The van der Waals surface area contributed by atoms with Gasteiger partial charge >= 0.3 is 0 Å². The van der Waals surface area contributed by atoms with Crippen LogP contribution in [-0.2, 0) is 17.8 Å². The Bertz CT molecular complexity index is 946. The zero-order chi connectivity index (χ0) is 19.2. The van der Waals surface area contributed by atoms with Crippen molar-refractivity contribution in [2.75, 3.05) is 4.90 Å². The maximum Gasteiger partial charge on any atom is 0.273 e. The molecule has 3 rings (SSSR count). The summed E-state index contributed by atoms with van der Waals surface area (Å²) in [5.41, 5.74) is 1.76. The molecule has 0 unspecified atom stereocenters. The van der Waals surface area contributed by atoms with E-state index >= 15 is 0 Å². The number of hydrogen-bond donors (Lipinski definition) is 0. The van der Waals surface area contributed by atoms with Crippen LogP contribution in [0, 0.1) is 10.1 Å². The molecule has 0 aliphatic rings. The van der Waals surface area contributed by atoms with Gasteiger partial charge in [0.05, 0.1) is 23.6 Å². The Hall–Kier alpha value is -3.06. The van der Waals surface area contributed by atoms with E-state index in [1.807, 2.05) is 42.5 Å². The number of aromatic nitrogens is 1. The highest BCUT2D eigenvalue weighted by Gasteiger charge is 2.21. The van der Waals surface area contributed by atoms with Gasteiger partial charge in [-0.3, -0.25) is 19.9 Å². The van der Waals surface area contributed by atoms with Crippen LogP contribution in [0.3, 0.4) is 0 Å². The first-order valence-corrected chi connectivity index (χ1v) is 9.02. The molecular weight excluding hydrogens is 410 g/mol. The van der Waals surface area contributed by atoms with E-state index in [9.17, 15) is 14.9 Å². The minimum atomic E-state index is -0.467. The van der Waals surface area contributed by atoms with Gasteiger partial charge in [-0.25, -0.2) is 0 Å². The summed E-state index contributed by atoms with van der Waals surface area (Å²) < 4.78 is 0.898. The first-order valence-electron chi connectivity index (χ1n) is 8.23. The SMILES string of the molecule is O=C(Cc1ccccc1[N+](=O)[O-])N(Cc1ccccn1)c1ccc(Br)cc1. The molecule has 0 spiro atoms. The van der Waals surface area contributed by atoms with Gasteiger partial charge in [0.2, 0.25) is 5.91 Å². The summed E-state index contributed by atoms with van der Waals surface area (Å²) in [4.78, 5) is 29.7. The van der Waals surface area contributed by atoms with Crippen molar-refractivity contribution in [3.8, 4) is 0 Å². The minimum absolute atomic E-state index is 0.0561. The number of nitro groups is 1. The molecule has 3 aromatic rings. The van der Waals surface area contributed by atoms with Gasteiger partial charge in [-0.05, 0) is 36.4 Å². The first-order chi connectivity index (χ1) is 13.0. The van der Waals surface area contributed by atoms with E-state index < -0.39 is 4.92 Å². The van der Waals surface area contributed by atoms with Crippen LogP contribution < -0.4 is 4.90 Å². The Morgan fingerprint density at radius 1 is 1.04 bits per heavy atom. The van der Waals surface area contributed by atoms with Crippen molar-refractivity contribution in [3.63, 3.8) is 0 Å². The lowest BCUT2D eigenvalue weighted by Gasteiger charge is -2.23. The summed E-state index contributed by atoms with van der Waals surface area (Å²) >= 11 is 3.39. The number of carbonyl (C=O) groups excluding carboxylic acids is 1. The average Bonchev–Trinajstić information content (AvgIpc) is 2.68. The Labute approximate surface area is 164 Å². The Morgan fingerprint density at radius 3 is 2.41 bits per heavy atom. The first kappa shape index (κ1) is 18.7. The number of benzene rings is 2. The molecule has 0 bridgehead atoms. The van der Waals surface area contributed by atoms with Crippen molar-refractivity contribution in [1.29, 1.82) is 0 Å². The van der Waals surface area contributed by atoms with Gasteiger partial charge in [0.15, 0.2) is 0 Å². The van der Waals surface area contributed by atoms with Gasteiger partial charge in [0.25, 0.3) is 5.69 Å². The second-order valence-electron chi connectivity index (χ2n) is 5.84. The van der Waals surface area contributed by atoms with E-state index in [0.717, 1.165) is 10.2 Å². The molecule has 0 saturated carbocycles. The highest BCUT2D eigenvalue weighted by Crippen LogP contribution is 2.24.